The van der Waals surface area contributed by atoms with E-state index in [1.165, 1.54) is 22.7 Å². The predicted molar refractivity (Wildman–Crippen MR) is 76.4 cm³/mol. The number of hydrogen-bond acceptors (Lipinski definition) is 6. The minimum atomic E-state index is 0.0162. The first-order valence-electron chi connectivity index (χ1n) is 4.28. The second-order valence-electron chi connectivity index (χ2n) is 2.98. The molecule has 0 bridgehead atoms. The minimum absolute atomic E-state index is 0.0162. The normalized spacial score (nSPS) is 10.8. The molecule has 0 aliphatic heterocycles. The number of thiol groups is 1. The summed E-state index contributed by atoms with van der Waals surface area (Å²) in [6.45, 7) is 0. The molecule has 3 N–H and O–H groups in total. The monoisotopic (exact) mass is 288 g/mol. The van der Waals surface area contributed by atoms with Crippen molar-refractivity contribution < 1.29 is 0 Å². The Morgan fingerprint density at radius 2 is 2.38 bits per heavy atom. The van der Waals surface area contributed by atoms with Crippen LogP contribution in [-0.4, -0.2) is 5.17 Å². The van der Waals surface area contributed by atoms with Gasteiger partial charge in [0.15, 0.2) is 5.17 Å². The summed E-state index contributed by atoms with van der Waals surface area (Å²) in [7, 11) is 0. The van der Waals surface area contributed by atoms with Gasteiger partial charge in [-0.3, -0.25) is 10.2 Å². The lowest BCUT2D eigenvalue weighted by Crippen LogP contribution is -2.10. The van der Waals surface area contributed by atoms with Crippen molar-refractivity contribution >= 4 is 61.6 Å². The van der Waals surface area contributed by atoms with Gasteiger partial charge in [0.2, 0.25) is 5.43 Å². The zero-order chi connectivity index (χ0) is 11.7. The zero-order valence-electron chi connectivity index (χ0n) is 8.02. The summed E-state index contributed by atoms with van der Waals surface area (Å²) < 4.78 is 2.45. The Bertz CT molecular complexity index is 601. The van der Waals surface area contributed by atoms with Gasteiger partial charge in [-0.1, -0.05) is 11.8 Å². The van der Waals surface area contributed by atoms with E-state index in [0.29, 0.717) is 15.5 Å². The summed E-state index contributed by atoms with van der Waals surface area (Å²) in [5.74, 6) is 0.414. The third kappa shape index (κ3) is 2.27. The fraction of sp³-hybridized carbons (Fsp3) is 0.111. The van der Waals surface area contributed by atoms with Crippen LogP contribution in [0.2, 0.25) is 0 Å². The van der Waals surface area contributed by atoms with Gasteiger partial charge in [0, 0.05) is 11.3 Å². The van der Waals surface area contributed by atoms with E-state index in [1.54, 1.807) is 0 Å². The molecule has 3 nitrogen and oxygen atoms in total. The van der Waals surface area contributed by atoms with Crippen LogP contribution in [0.15, 0.2) is 20.5 Å². The van der Waals surface area contributed by atoms with E-state index in [1.807, 2.05) is 11.4 Å². The largest absolute Gasteiger partial charge is 0.379 e. The van der Waals surface area contributed by atoms with Crippen LogP contribution in [0.25, 0.3) is 9.40 Å². The first-order chi connectivity index (χ1) is 7.59. The molecule has 0 fully saturated rings. The summed E-state index contributed by atoms with van der Waals surface area (Å²) in [6.07, 6.45) is 0. The first-order valence-corrected chi connectivity index (χ1v) is 7.41. The lowest BCUT2D eigenvalue weighted by Gasteiger charge is -2.02. The number of thiophene rings is 1. The van der Waals surface area contributed by atoms with Gasteiger partial charge in [-0.15, -0.1) is 35.3 Å². The Hall–Kier alpha value is -0.500. The molecule has 0 amide bonds. The second-order valence-corrected chi connectivity index (χ2v) is 6.72. The van der Waals surface area contributed by atoms with Gasteiger partial charge >= 0.3 is 0 Å². The van der Waals surface area contributed by atoms with Gasteiger partial charge < -0.3 is 5.73 Å². The fourth-order valence-corrected chi connectivity index (χ4v) is 4.40. The molecule has 16 heavy (non-hydrogen) atoms. The highest BCUT2D eigenvalue weighted by atomic mass is 32.2. The summed E-state index contributed by atoms with van der Waals surface area (Å²) in [6, 6.07) is 1.92. The molecule has 0 aromatic carbocycles. The van der Waals surface area contributed by atoms with E-state index in [-0.39, 0.29) is 10.6 Å². The Morgan fingerprint density at radius 1 is 1.62 bits per heavy atom. The quantitative estimate of drug-likeness (QED) is 0.452. The van der Waals surface area contributed by atoms with Crippen molar-refractivity contribution in [3.63, 3.8) is 0 Å². The maximum absolute atomic E-state index is 12.1. The van der Waals surface area contributed by atoms with Gasteiger partial charge in [-0.05, 0) is 11.4 Å². The molecule has 2 rings (SSSR count). The van der Waals surface area contributed by atoms with Crippen molar-refractivity contribution in [2.45, 2.75) is 9.96 Å². The average Bonchev–Trinajstić information content (AvgIpc) is 2.64. The fourth-order valence-electron chi connectivity index (χ4n) is 1.22. The predicted octanol–water partition coefficient (Wildman–Crippen LogP) is 2.74. The van der Waals surface area contributed by atoms with Crippen LogP contribution in [-0.2, 0) is 5.75 Å². The number of nitrogens with two attached hydrogens (primary N) is 1. The van der Waals surface area contributed by atoms with E-state index in [0.717, 1.165) is 21.2 Å². The van der Waals surface area contributed by atoms with Crippen LogP contribution < -0.4 is 11.2 Å². The summed E-state index contributed by atoms with van der Waals surface area (Å²) in [5.41, 5.74) is 5.92. The molecule has 0 radical (unpaired) electrons. The van der Waals surface area contributed by atoms with Crippen molar-refractivity contribution in [2.75, 3.05) is 0 Å². The molecule has 0 aliphatic rings. The number of rotatable bonds is 2. The molecule has 0 unspecified atom stereocenters. The topological polar surface area (TPSA) is 66.9 Å². The molecule has 0 spiro atoms. The SMILES string of the molecule is N=C(N)SCc1c(S)sc2ccsc2c1=O. The van der Waals surface area contributed by atoms with Crippen molar-refractivity contribution in [2.24, 2.45) is 5.73 Å². The van der Waals surface area contributed by atoms with Gasteiger partial charge in [0.25, 0.3) is 0 Å². The second kappa shape index (κ2) is 4.79. The lowest BCUT2D eigenvalue weighted by molar-refractivity contribution is 1.33. The third-order valence-corrected chi connectivity index (χ3v) is 5.28. The van der Waals surface area contributed by atoms with E-state index in [4.69, 9.17) is 11.1 Å². The highest BCUT2D eigenvalue weighted by molar-refractivity contribution is 8.13. The number of hydrogen-bond donors (Lipinski definition) is 3. The molecule has 0 atom stereocenters. The van der Waals surface area contributed by atoms with Crippen molar-refractivity contribution in [3.8, 4) is 0 Å². The Morgan fingerprint density at radius 3 is 3.06 bits per heavy atom. The van der Waals surface area contributed by atoms with E-state index < -0.39 is 0 Å². The van der Waals surface area contributed by atoms with E-state index in [9.17, 15) is 4.79 Å². The van der Waals surface area contributed by atoms with Gasteiger partial charge in [-0.25, -0.2) is 0 Å². The van der Waals surface area contributed by atoms with Crippen LogP contribution >= 0.6 is 47.1 Å². The molecule has 2 aromatic heterocycles. The van der Waals surface area contributed by atoms with Crippen molar-refractivity contribution in [1.29, 1.82) is 5.41 Å². The smallest absolute Gasteiger partial charge is 0.203 e. The van der Waals surface area contributed by atoms with Crippen molar-refractivity contribution in [1.82, 2.24) is 0 Å². The van der Waals surface area contributed by atoms with E-state index >= 15 is 0 Å². The average molecular weight is 288 g/mol. The molecule has 84 valence electrons. The van der Waals surface area contributed by atoms with Gasteiger partial charge in [0.05, 0.1) is 13.6 Å². The standard InChI is InChI=1S/C9H8N2OS4/c10-9(11)15-3-4-6(12)7-5(1-2-14-7)16-8(4)13/h1-2,13H,3H2,(H3,10,11). The first kappa shape index (κ1) is 12.0. The Kier molecular flexibility index (Phi) is 3.58. The minimum Gasteiger partial charge on any atom is -0.379 e. The van der Waals surface area contributed by atoms with Crippen LogP contribution in [0.5, 0.6) is 0 Å². The highest BCUT2D eigenvalue weighted by Crippen LogP contribution is 2.29. The Labute approximate surface area is 110 Å². The molecule has 7 heteroatoms. The van der Waals surface area contributed by atoms with Crippen LogP contribution in [0.3, 0.4) is 0 Å². The Balaban J connectivity index is 2.51. The number of nitrogens with one attached hydrogen (secondary N) is 1. The summed E-state index contributed by atoms with van der Waals surface area (Å²) in [5, 5.41) is 9.05. The number of amidine groups is 1. The van der Waals surface area contributed by atoms with Crippen LogP contribution in [0, 0.1) is 5.41 Å². The number of thioether (sulfide) groups is 1. The van der Waals surface area contributed by atoms with Crippen LogP contribution in [0.1, 0.15) is 5.56 Å². The molecule has 0 saturated heterocycles. The van der Waals surface area contributed by atoms with Gasteiger partial charge in [0.1, 0.15) is 0 Å². The van der Waals surface area contributed by atoms with Crippen LogP contribution in [0.4, 0.5) is 0 Å². The molecule has 2 aromatic rings. The molecule has 0 aliphatic carbocycles. The number of fused-ring (bicyclic) bond motifs is 1. The molecule has 0 saturated carbocycles. The van der Waals surface area contributed by atoms with Gasteiger partial charge in [-0.2, -0.15) is 0 Å². The molecular formula is C9H8N2OS4. The molecule has 2 heterocycles. The third-order valence-electron chi connectivity index (χ3n) is 1.95. The maximum Gasteiger partial charge on any atom is 0.203 e. The van der Waals surface area contributed by atoms with Crippen molar-refractivity contribution in [3.05, 3.63) is 27.2 Å². The highest BCUT2D eigenvalue weighted by Gasteiger charge is 2.11. The summed E-state index contributed by atoms with van der Waals surface area (Å²) >= 11 is 8.40. The zero-order valence-corrected chi connectivity index (χ0v) is 11.4. The van der Waals surface area contributed by atoms with E-state index in [2.05, 4.69) is 12.6 Å². The maximum atomic E-state index is 12.1. The summed E-state index contributed by atoms with van der Waals surface area (Å²) in [4.78, 5) is 12.1. The molecular weight excluding hydrogens is 280 g/mol. The lowest BCUT2D eigenvalue weighted by atomic mass is 10.3.